The van der Waals surface area contributed by atoms with E-state index in [4.69, 9.17) is 14.2 Å². The number of methoxy groups -OCH3 is 2. The van der Waals surface area contributed by atoms with E-state index >= 15 is 0 Å². The predicted octanol–water partition coefficient (Wildman–Crippen LogP) is -1.27. The summed E-state index contributed by atoms with van der Waals surface area (Å²) in [6.07, 6.45) is -3.18. The fraction of sp³-hybridized carbons (Fsp3) is 1.00. The van der Waals surface area contributed by atoms with Gasteiger partial charge in [0.25, 0.3) is 0 Å². The number of aliphatic hydroxyl groups excluding tert-OH is 2. The van der Waals surface area contributed by atoms with Crippen molar-refractivity contribution in [2.75, 3.05) is 20.8 Å². The van der Waals surface area contributed by atoms with Gasteiger partial charge in [0.15, 0.2) is 6.29 Å². The molecule has 1 saturated heterocycles. The Morgan fingerprint density at radius 3 is 2.33 bits per heavy atom. The molecule has 0 aromatic heterocycles. The summed E-state index contributed by atoms with van der Waals surface area (Å²) in [6, 6.07) is 0. The Morgan fingerprint density at radius 2 is 1.92 bits per heavy atom. The van der Waals surface area contributed by atoms with Gasteiger partial charge in [-0.15, -0.1) is 0 Å². The highest BCUT2D eigenvalue weighted by molar-refractivity contribution is 4.86. The second kappa shape index (κ2) is 4.15. The van der Waals surface area contributed by atoms with E-state index in [-0.39, 0.29) is 6.61 Å². The Hall–Kier alpha value is -0.200. The smallest absolute Gasteiger partial charge is 0.186 e. The highest BCUT2D eigenvalue weighted by Gasteiger charge is 2.42. The lowest BCUT2D eigenvalue weighted by Gasteiger charge is -2.11. The third-order valence-corrected chi connectivity index (χ3v) is 1.88. The molecular formula is C7H14O5. The maximum Gasteiger partial charge on any atom is 0.186 e. The molecule has 1 rings (SSSR count). The molecule has 2 unspecified atom stereocenters. The zero-order valence-electron chi connectivity index (χ0n) is 7.14. The quantitative estimate of drug-likeness (QED) is 0.563. The van der Waals surface area contributed by atoms with Gasteiger partial charge in [0, 0.05) is 14.2 Å². The van der Waals surface area contributed by atoms with Gasteiger partial charge < -0.3 is 24.4 Å². The van der Waals surface area contributed by atoms with Crippen molar-refractivity contribution >= 4 is 0 Å². The minimum Gasteiger partial charge on any atom is -0.387 e. The third-order valence-electron chi connectivity index (χ3n) is 1.88. The van der Waals surface area contributed by atoms with Gasteiger partial charge in [-0.3, -0.25) is 0 Å². The van der Waals surface area contributed by atoms with Gasteiger partial charge >= 0.3 is 0 Å². The summed E-state index contributed by atoms with van der Waals surface area (Å²) in [4.78, 5) is 0. The van der Waals surface area contributed by atoms with Crippen LogP contribution in [-0.4, -0.2) is 55.6 Å². The minimum atomic E-state index is -0.991. The average molecular weight is 178 g/mol. The first-order valence-electron chi connectivity index (χ1n) is 3.74. The lowest BCUT2D eigenvalue weighted by molar-refractivity contribution is -0.154. The summed E-state index contributed by atoms with van der Waals surface area (Å²) in [5.74, 6) is 0. The molecule has 0 radical (unpaired) electrons. The molecule has 0 spiro atoms. The summed E-state index contributed by atoms with van der Waals surface area (Å²) >= 11 is 0. The molecule has 1 fully saturated rings. The summed E-state index contributed by atoms with van der Waals surface area (Å²) in [5, 5.41) is 18.7. The Balaban J connectivity index is 2.48. The number of rotatable bonds is 3. The van der Waals surface area contributed by atoms with E-state index in [9.17, 15) is 10.2 Å². The van der Waals surface area contributed by atoms with E-state index in [1.165, 1.54) is 14.2 Å². The van der Waals surface area contributed by atoms with Crippen LogP contribution in [0.1, 0.15) is 0 Å². The SMILES string of the molecule is COCC1OC(OC)[C@@H](O)[C@H]1O. The maximum absolute atomic E-state index is 9.36. The fourth-order valence-corrected chi connectivity index (χ4v) is 1.21. The summed E-state index contributed by atoms with van der Waals surface area (Å²) < 4.78 is 14.7. The van der Waals surface area contributed by atoms with Gasteiger partial charge in [-0.05, 0) is 0 Å². The second-order valence-electron chi connectivity index (χ2n) is 2.72. The van der Waals surface area contributed by atoms with Crippen molar-refractivity contribution in [2.24, 2.45) is 0 Å². The highest BCUT2D eigenvalue weighted by Crippen LogP contribution is 2.21. The molecule has 4 atom stereocenters. The molecule has 0 amide bonds. The Labute approximate surface area is 70.9 Å². The molecule has 0 saturated carbocycles. The molecule has 0 aromatic rings. The van der Waals surface area contributed by atoms with Gasteiger partial charge in [0.2, 0.25) is 0 Å². The predicted molar refractivity (Wildman–Crippen MR) is 39.6 cm³/mol. The van der Waals surface area contributed by atoms with E-state index < -0.39 is 24.6 Å². The van der Waals surface area contributed by atoms with Crippen LogP contribution >= 0.6 is 0 Å². The Bertz CT molecular complexity index is 140. The standard InChI is InChI=1S/C7H14O5/c1-10-3-4-5(8)6(9)7(11-2)12-4/h4-9H,3H2,1-2H3/t4?,5-,6-,7?/m0/s1. The number of ether oxygens (including phenoxy) is 3. The molecule has 72 valence electrons. The lowest BCUT2D eigenvalue weighted by atomic mass is 10.1. The molecular weight excluding hydrogens is 164 g/mol. The molecule has 0 bridgehead atoms. The van der Waals surface area contributed by atoms with E-state index in [1.807, 2.05) is 0 Å². The zero-order valence-corrected chi connectivity index (χ0v) is 7.14. The van der Waals surface area contributed by atoms with Crippen LogP contribution in [0.5, 0.6) is 0 Å². The molecule has 1 heterocycles. The van der Waals surface area contributed by atoms with Crippen LogP contribution in [0.25, 0.3) is 0 Å². The number of hydrogen-bond donors (Lipinski definition) is 2. The van der Waals surface area contributed by atoms with Crippen LogP contribution in [0.3, 0.4) is 0 Å². The summed E-state index contributed by atoms with van der Waals surface area (Å²) in [6.45, 7) is 0.248. The maximum atomic E-state index is 9.36. The molecule has 5 heteroatoms. The monoisotopic (exact) mass is 178 g/mol. The van der Waals surface area contributed by atoms with Crippen LogP contribution in [0, 0.1) is 0 Å². The summed E-state index contributed by atoms with van der Waals surface area (Å²) in [7, 11) is 2.92. The van der Waals surface area contributed by atoms with E-state index in [0.717, 1.165) is 0 Å². The van der Waals surface area contributed by atoms with Crippen molar-refractivity contribution in [1.82, 2.24) is 0 Å². The minimum absolute atomic E-state index is 0.248. The molecule has 1 aliphatic heterocycles. The van der Waals surface area contributed by atoms with Gasteiger partial charge in [0.05, 0.1) is 6.61 Å². The van der Waals surface area contributed by atoms with Crippen LogP contribution in [0.15, 0.2) is 0 Å². The first-order valence-corrected chi connectivity index (χ1v) is 3.74. The van der Waals surface area contributed by atoms with Crippen molar-refractivity contribution in [3.8, 4) is 0 Å². The van der Waals surface area contributed by atoms with Crippen molar-refractivity contribution in [2.45, 2.75) is 24.6 Å². The molecule has 2 N–H and O–H groups in total. The average Bonchev–Trinajstić information content (AvgIpc) is 2.33. The van der Waals surface area contributed by atoms with E-state index in [0.29, 0.717) is 0 Å². The van der Waals surface area contributed by atoms with Crippen molar-refractivity contribution in [1.29, 1.82) is 0 Å². The van der Waals surface area contributed by atoms with Crippen LogP contribution < -0.4 is 0 Å². The first-order chi connectivity index (χ1) is 5.70. The van der Waals surface area contributed by atoms with Crippen LogP contribution in [0.4, 0.5) is 0 Å². The normalized spacial score (nSPS) is 42.0. The third kappa shape index (κ3) is 1.75. The number of aliphatic hydroxyl groups is 2. The van der Waals surface area contributed by atoms with E-state index in [1.54, 1.807) is 0 Å². The Kier molecular flexibility index (Phi) is 3.42. The number of hydrogen-bond acceptors (Lipinski definition) is 5. The molecule has 0 aliphatic carbocycles. The van der Waals surface area contributed by atoms with Crippen molar-refractivity contribution < 1.29 is 24.4 Å². The Morgan fingerprint density at radius 1 is 1.25 bits per heavy atom. The van der Waals surface area contributed by atoms with Crippen LogP contribution in [0.2, 0.25) is 0 Å². The van der Waals surface area contributed by atoms with Gasteiger partial charge in [-0.25, -0.2) is 0 Å². The highest BCUT2D eigenvalue weighted by atomic mass is 16.7. The van der Waals surface area contributed by atoms with Crippen molar-refractivity contribution in [3.05, 3.63) is 0 Å². The van der Waals surface area contributed by atoms with E-state index in [2.05, 4.69) is 0 Å². The molecule has 0 aromatic carbocycles. The first kappa shape index (κ1) is 9.88. The van der Waals surface area contributed by atoms with Gasteiger partial charge in [0.1, 0.15) is 18.3 Å². The topological polar surface area (TPSA) is 68.2 Å². The van der Waals surface area contributed by atoms with Crippen LogP contribution in [-0.2, 0) is 14.2 Å². The van der Waals surface area contributed by atoms with Crippen molar-refractivity contribution in [3.63, 3.8) is 0 Å². The molecule has 5 nitrogen and oxygen atoms in total. The van der Waals surface area contributed by atoms with Gasteiger partial charge in [-0.2, -0.15) is 0 Å². The van der Waals surface area contributed by atoms with Gasteiger partial charge in [-0.1, -0.05) is 0 Å². The summed E-state index contributed by atoms with van der Waals surface area (Å²) in [5.41, 5.74) is 0. The largest absolute Gasteiger partial charge is 0.387 e. The second-order valence-corrected chi connectivity index (χ2v) is 2.72. The molecule has 12 heavy (non-hydrogen) atoms. The lowest BCUT2D eigenvalue weighted by Crippen LogP contribution is -2.34. The zero-order chi connectivity index (χ0) is 9.14. The molecule has 1 aliphatic rings. The fourth-order valence-electron chi connectivity index (χ4n) is 1.21.